The Bertz CT molecular complexity index is 675. The van der Waals surface area contributed by atoms with E-state index >= 15 is 0 Å². The molecule has 132 valence electrons. The monoisotopic (exact) mass is 338 g/mol. The Morgan fingerprint density at radius 3 is 2.12 bits per heavy atom. The van der Waals surface area contributed by atoms with Gasteiger partial charge < -0.3 is 15.0 Å². The molecule has 1 amide bonds. The van der Waals surface area contributed by atoms with E-state index in [9.17, 15) is 4.79 Å². The molecule has 1 aliphatic rings. The van der Waals surface area contributed by atoms with E-state index in [1.807, 2.05) is 61.2 Å². The summed E-state index contributed by atoms with van der Waals surface area (Å²) in [5, 5.41) is 3.43. The van der Waals surface area contributed by atoms with Gasteiger partial charge in [0.25, 0.3) is 5.91 Å². The second kappa shape index (κ2) is 8.28. The van der Waals surface area contributed by atoms with Gasteiger partial charge in [0.1, 0.15) is 0 Å². The van der Waals surface area contributed by atoms with Crippen molar-refractivity contribution >= 4 is 5.91 Å². The SMILES string of the molecule is CC1CN(C(=O)c2ccc(CNCc3ccccc3)cc2)CC(C)O1. The highest BCUT2D eigenvalue weighted by Crippen LogP contribution is 2.15. The number of nitrogens with one attached hydrogen (secondary N) is 1. The molecule has 4 nitrogen and oxygen atoms in total. The van der Waals surface area contributed by atoms with E-state index in [4.69, 9.17) is 4.74 Å². The van der Waals surface area contributed by atoms with Gasteiger partial charge in [-0.2, -0.15) is 0 Å². The maximum absolute atomic E-state index is 12.7. The van der Waals surface area contributed by atoms with Crippen LogP contribution in [0.1, 0.15) is 35.3 Å². The molecule has 2 aromatic rings. The van der Waals surface area contributed by atoms with Crippen molar-refractivity contribution in [2.75, 3.05) is 13.1 Å². The number of nitrogens with zero attached hydrogens (tertiary/aromatic N) is 1. The molecular weight excluding hydrogens is 312 g/mol. The number of morpholine rings is 1. The van der Waals surface area contributed by atoms with Crippen LogP contribution in [-0.2, 0) is 17.8 Å². The van der Waals surface area contributed by atoms with Crippen LogP contribution in [0.2, 0.25) is 0 Å². The van der Waals surface area contributed by atoms with E-state index in [1.165, 1.54) is 11.1 Å². The minimum Gasteiger partial charge on any atom is -0.372 e. The van der Waals surface area contributed by atoms with Gasteiger partial charge in [0.15, 0.2) is 0 Å². The summed E-state index contributed by atoms with van der Waals surface area (Å²) in [6.07, 6.45) is 0.184. The number of benzene rings is 2. The van der Waals surface area contributed by atoms with Crippen molar-refractivity contribution < 1.29 is 9.53 Å². The molecule has 25 heavy (non-hydrogen) atoms. The van der Waals surface area contributed by atoms with E-state index in [2.05, 4.69) is 17.4 Å². The third-order valence-electron chi connectivity index (χ3n) is 4.41. The molecule has 0 spiro atoms. The van der Waals surface area contributed by atoms with Crippen molar-refractivity contribution in [2.24, 2.45) is 0 Å². The van der Waals surface area contributed by atoms with Gasteiger partial charge in [-0.05, 0) is 37.1 Å². The molecule has 1 fully saturated rings. The number of hydrogen-bond donors (Lipinski definition) is 1. The molecule has 1 N–H and O–H groups in total. The average molecular weight is 338 g/mol. The molecule has 0 bridgehead atoms. The van der Waals surface area contributed by atoms with Crippen LogP contribution >= 0.6 is 0 Å². The number of carbonyl (C=O) groups excluding carboxylic acids is 1. The average Bonchev–Trinajstić information content (AvgIpc) is 2.62. The van der Waals surface area contributed by atoms with Crippen molar-refractivity contribution in [3.8, 4) is 0 Å². The first-order valence-electron chi connectivity index (χ1n) is 8.90. The molecule has 0 radical (unpaired) electrons. The highest BCUT2D eigenvalue weighted by atomic mass is 16.5. The molecular formula is C21H26N2O2. The Balaban J connectivity index is 1.53. The van der Waals surface area contributed by atoms with Crippen LogP contribution in [0, 0.1) is 0 Å². The molecule has 0 saturated carbocycles. The summed E-state index contributed by atoms with van der Waals surface area (Å²) >= 11 is 0. The van der Waals surface area contributed by atoms with Crippen LogP contribution in [0.15, 0.2) is 54.6 Å². The molecule has 1 saturated heterocycles. The van der Waals surface area contributed by atoms with E-state index < -0.39 is 0 Å². The third-order valence-corrected chi connectivity index (χ3v) is 4.41. The zero-order valence-electron chi connectivity index (χ0n) is 14.9. The Morgan fingerprint density at radius 1 is 0.960 bits per heavy atom. The molecule has 0 aromatic heterocycles. The van der Waals surface area contributed by atoms with Crippen LogP contribution in [0.3, 0.4) is 0 Å². The summed E-state index contributed by atoms with van der Waals surface area (Å²) in [4.78, 5) is 14.5. The van der Waals surface area contributed by atoms with Crippen molar-refractivity contribution in [1.82, 2.24) is 10.2 Å². The number of ether oxygens (including phenoxy) is 1. The molecule has 2 atom stereocenters. The van der Waals surface area contributed by atoms with Crippen molar-refractivity contribution in [3.63, 3.8) is 0 Å². The lowest BCUT2D eigenvalue weighted by molar-refractivity contribution is -0.0586. The van der Waals surface area contributed by atoms with E-state index in [0.29, 0.717) is 13.1 Å². The van der Waals surface area contributed by atoms with Crippen LogP contribution < -0.4 is 5.32 Å². The maximum atomic E-state index is 12.7. The molecule has 2 aromatic carbocycles. The quantitative estimate of drug-likeness (QED) is 0.910. The lowest BCUT2D eigenvalue weighted by Gasteiger charge is -2.35. The lowest BCUT2D eigenvalue weighted by Crippen LogP contribution is -2.48. The first-order valence-corrected chi connectivity index (χ1v) is 8.90. The molecule has 3 rings (SSSR count). The topological polar surface area (TPSA) is 41.6 Å². The minimum atomic E-state index is 0.0887. The summed E-state index contributed by atoms with van der Waals surface area (Å²) in [6.45, 7) is 6.96. The van der Waals surface area contributed by atoms with Crippen LogP contribution in [0.5, 0.6) is 0 Å². The number of carbonyl (C=O) groups is 1. The normalized spacial score (nSPS) is 20.5. The van der Waals surface area contributed by atoms with E-state index in [-0.39, 0.29) is 18.1 Å². The van der Waals surface area contributed by atoms with Gasteiger partial charge in [0, 0.05) is 31.7 Å². The van der Waals surface area contributed by atoms with Gasteiger partial charge in [-0.15, -0.1) is 0 Å². The molecule has 0 aliphatic carbocycles. The van der Waals surface area contributed by atoms with Gasteiger partial charge in [-0.25, -0.2) is 0 Å². The van der Waals surface area contributed by atoms with Crippen molar-refractivity contribution in [3.05, 3.63) is 71.3 Å². The van der Waals surface area contributed by atoms with Crippen LogP contribution in [0.25, 0.3) is 0 Å². The molecule has 1 aliphatic heterocycles. The maximum Gasteiger partial charge on any atom is 0.254 e. The Morgan fingerprint density at radius 2 is 1.52 bits per heavy atom. The van der Waals surface area contributed by atoms with Gasteiger partial charge in [-0.1, -0.05) is 42.5 Å². The molecule has 1 heterocycles. The van der Waals surface area contributed by atoms with Crippen molar-refractivity contribution in [2.45, 2.75) is 39.1 Å². The van der Waals surface area contributed by atoms with Gasteiger partial charge in [-0.3, -0.25) is 4.79 Å². The zero-order valence-corrected chi connectivity index (χ0v) is 14.9. The fourth-order valence-corrected chi connectivity index (χ4v) is 3.24. The predicted molar refractivity (Wildman–Crippen MR) is 99.3 cm³/mol. The summed E-state index contributed by atoms with van der Waals surface area (Å²) < 4.78 is 5.70. The van der Waals surface area contributed by atoms with E-state index in [1.54, 1.807) is 0 Å². The summed E-state index contributed by atoms with van der Waals surface area (Å²) in [7, 11) is 0. The molecule has 4 heteroatoms. The second-order valence-electron chi connectivity index (χ2n) is 6.75. The Hall–Kier alpha value is -2.17. The Labute approximate surface area is 149 Å². The number of hydrogen-bond acceptors (Lipinski definition) is 3. The van der Waals surface area contributed by atoms with Gasteiger partial charge in [0.2, 0.25) is 0 Å². The second-order valence-corrected chi connectivity index (χ2v) is 6.75. The fourth-order valence-electron chi connectivity index (χ4n) is 3.24. The van der Waals surface area contributed by atoms with Gasteiger partial charge >= 0.3 is 0 Å². The van der Waals surface area contributed by atoms with Gasteiger partial charge in [0.05, 0.1) is 12.2 Å². The van der Waals surface area contributed by atoms with Crippen LogP contribution in [-0.4, -0.2) is 36.1 Å². The summed E-state index contributed by atoms with van der Waals surface area (Å²) in [5.41, 5.74) is 3.19. The third kappa shape index (κ3) is 4.91. The zero-order chi connectivity index (χ0) is 17.6. The minimum absolute atomic E-state index is 0.0887. The predicted octanol–water partition coefficient (Wildman–Crippen LogP) is 3.23. The van der Waals surface area contributed by atoms with Crippen LogP contribution in [0.4, 0.5) is 0 Å². The smallest absolute Gasteiger partial charge is 0.254 e. The van der Waals surface area contributed by atoms with E-state index in [0.717, 1.165) is 18.7 Å². The standard InChI is InChI=1S/C21H26N2O2/c1-16-14-23(15-17(2)25-16)21(24)20-10-8-19(9-11-20)13-22-12-18-6-4-3-5-7-18/h3-11,16-17,22H,12-15H2,1-2H3. The number of rotatable bonds is 5. The lowest BCUT2D eigenvalue weighted by atomic mass is 10.1. The summed E-state index contributed by atoms with van der Waals surface area (Å²) in [5.74, 6) is 0.0887. The number of amides is 1. The molecule has 2 unspecified atom stereocenters. The highest BCUT2D eigenvalue weighted by molar-refractivity contribution is 5.94. The fraction of sp³-hybridized carbons (Fsp3) is 0.381. The Kier molecular flexibility index (Phi) is 5.84. The highest BCUT2D eigenvalue weighted by Gasteiger charge is 2.26. The first kappa shape index (κ1) is 17.6. The largest absolute Gasteiger partial charge is 0.372 e. The summed E-state index contributed by atoms with van der Waals surface area (Å²) in [6, 6.07) is 18.2. The van der Waals surface area contributed by atoms with Crippen molar-refractivity contribution in [1.29, 1.82) is 0 Å². The first-order chi connectivity index (χ1) is 12.1.